The summed E-state index contributed by atoms with van der Waals surface area (Å²) in [7, 11) is -3.31. The molecule has 1 aromatic carbocycles. The lowest BCUT2D eigenvalue weighted by Crippen LogP contribution is -2.26. The average molecular weight is 335 g/mol. The van der Waals surface area contributed by atoms with Crippen LogP contribution in [-0.2, 0) is 9.84 Å². The van der Waals surface area contributed by atoms with Crippen LogP contribution in [0.2, 0.25) is 0 Å². The van der Waals surface area contributed by atoms with Crippen LogP contribution < -0.4 is 4.90 Å². The molecule has 0 aromatic heterocycles. The van der Waals surface area contributed by atoms with Crippen LogP contribution in [0.3, 0.4) is 0 Å². The molecule has 1 aliphatic heterocycles. The highest BCUT2D eigenvalue weighted by Gasteiger charge is 2.43. The van der Waals surface area contributed by atoms with Gasteiger partial charge in [0.2, 0.25) is 0 Å². The monoisotopic (exact) mass is 335 g/mol. The standard InChI is InChI=1S/C18H25NO3S/c1-13-6-7-18(11-13)8-9-19(12-18)16-10-15(14(2)20)4-5-17(16)23(3,21)22/h4-5,10,13H,6-9,11-12H2,1-3H3/t13-,18-/m1/s1. The van der Waals surface area contributed by atoms with Crippen LogP contribution in [0.25, 0.3) is 0 Å². The summed E-state index contributed by atoms with van der Waals surface area (Å²) in [6, 6.07) is 4.96. The second-order valence-corrected chi connectivity index (χ2v) is 9.51. The number of carbonyl (C=O) groups is 1. The van der Waals surface area contributed by atoms with E-state index in [1.54, 1.807) is 18.2 Å². The van der Waals surface area contributed by atoms with E-state index in [4.69, 9.17) is 0 Å². The summed E-state index contributed by atoms with van der Waals surface area (Å²) >= 11 is 0. The van der Waals surface area contributed by atoms with E-state index in [0.717, 1.165) is 25.4 Å². The van der Waals surface area contributed by atoms with E-state index in [-0.39, 0.29) is 5.78 Å². The van der Waals surface area contributed by atoms with E-state index in [1.807, 2.05) is 0 Å². The molecule has 1 saturated heterocycles. The van der Waals surface area contributed by atoms with Gasteiger partial charge >= 0.3 is 0 Å². The van der Waals surface area contributed by atoms with Gasteiger partial charge in [0.25, 0.3) is 0 Å². The molecule has 0 radical (unpaired) electrons. The van der Waals surface area contributed by atoms with E-state index in [9.17, 15) is 13.2 Å². The van der Waals surface area contributed by atoms with Crippen LogP contribution in [0.5, 0.6) is 0 Å². The Labute approximate surface area is 138 Å². The van der Waals surface area contributed by atoms with Gasteiger partial charge in [-0.25, -0.2) is 8.42 Å². The lowest BCUT2D eigenvalue weighted by molar-refractivity contribution is 0.101. The molecule has 1 heterocycles. The van der Waals surface area contributed by atoms with Crippen molar-refractivity contribution in [1.82, 2.24) is 0 Å². The topological polar surface area (TPSA) is 54.5 Å². The molecule has 2 fully saturated rings. The maximum atomic E-state index is 12.1. The number of hydrogen-bond acceptors (Lipinski definition) is 4. The molecule has 1 spiro atoms. The minimum Gasteiger partial charge on any atom is -0.370 e. The van der Waals surface area contributed by atoms with E-state index in [0.29, 0.717) is 21.6 Å². The molecular formula is C18H25NO3S. The number of Topliss-reactive ketones (excluding diaryl/α,β-unsaturated/α-hetero) is 1. The van der Waals surface area contributed by atoms with E-state index < -0.39 is 9.84 Å². The third kappa shape index (κ3) is 3.16. The number of hydrogen-bond donors (Lipinski definition) is 0. The van der Waals surface area contributed by atoms with Gasteiger partial charge in [0.1, 0.15) is 0 Å². The van der Waals surface area contributed by atoms with Crippen LogP contribution in [-0.4, -0.2) is 33.5 Å². The van der Waals surface area contributed by atoms with Gasteiger partial charge in [0, 0.05) is 24.9 Å². The molecule has 1 saturated carbocycles. The van der Waals surface area contributed by atoms with Gasteiger partial charge in [-0.05, 0) is 55.7 Å². The SMILES string of the molecule is CC(=O)c1ccc(S(C)(=O)=O)c(N2CC[C@@]3(CC[C@@H](C)C3)C2)c1. The Morgan fingerprint density at radius 1 is 1.30 bits per heavy atom. The fraction of sp³-hybridized carbons (Fsp3) is 0.611. The first kappa shape index (κ1) is 16.5. The molecule has 0 amide bonds. The van der Waals surface area contributed by atoms with Crippen molar-refractivity contribution in [3.8, 4) is 0 Å². The molecule has 126 valence electrons. The maximum Gasteiger partial charge on any atom is 0.177 e. The molecular weight excluding hydrogens is 310 g/mol. The molecule has 0 N–H and O–H groups in total. The minimum absolute atomic E-state index is 0.0327. The Bertz CT molecular complexity index is 741. The number of rotatable bonds is 3. The Morgan fingerprint density at radius 3 is 2.61 bits per heavy atom. The molecule has 3 rings (SSSR count). The van der Waals surface area contributed by atoms with Crippen molar-refractivity contribution < 1.29 is 13.2 Å². The average Bonchev–Trinajstić information content (AvgIpc) is 3.04. The van der Waals surface area contributed by atoms with Gasteiger partial charge in [-0.15, -0.1) is 0 Å². The lowest BCUT2D eigenvalue weighted by Gasteiger charge is -2.26. The number of sulfone groups is 1. The first-order valence-corrected chi connectivity index (χ1v) is 10.2. The van der Waals surface area contributed by atoms with Gasteiger partial charge in [-0.2, -0.15) is 0 Å². The maximum absolute atomic E-state index is 12.1. The summed E-state index contributed by atoms with van der Waals surface area (Å²) in [4.78, 5) is 14.2. The van der Waals surface area contributed by atoms with Crippen molar-refractivity contribution in [2.24, 2.45) is 11.3 Å². The summed E-state index contributed by atoms with van der Waals surface area (Å²) in [6.45, 7) is 5.59. The van der Waals surface area contributed by atoms with Crippen molar-refractivity contribution in [2.75, 3.05) is 24.2 Å². The highest BCUT2D eigenvalue weighted by Crippen LogP contribution is 2.49. The predicted octanol–water partition coefficient (Wildman–Crippen LogP) is 3.31. The molecule has 2 atom stereocenters. The zero-order valence-corrected chi connectivity index (χ0v) is 14.9. The summed E-state index contributed by atoms with van der Waals surface area (Å²) in [5.41, 5.74) is 1.62. The third-order valence-electron chi connectivity index (χ3n) is 5.49. The molecule has 0 bridgehead atoms. The zero-order chi connectivity index (χ0) is 16.8. The normalized spacial score (nSPS) is 27.8. The van der Waals surface area contributed by atoms with Crippen LogP contribution >= 0.6 is 0 Å². The van der Waals surface area contributed by atoms with E-state index in [2.05, 4.69) is 11.8 Å². The molecule has 5 heteroatoms. The van der Waals surface area contributed by atoms with Gasteiger partial charge in [0.05, 0.1) is 10.6 Å². The van der Waals surface area contributed by atoms with Gasteiger partial charge < -0.3 is 4.90 Å². The highest BCUT2D eigenvalue weighted by atomic mass is 32.2. The molecule has 2 aliphatic rings. The second kappa shape index (κ2) is 5.62. The third-order valence-corrected chi connectivity index (χ3v) is 6.64. The molecule has 23 heavy (non-hydrogen) atoms. The zero-order valence-electron chi connectivity index (χ0n) is 14.1. The summed E-state index contributed by atoms with van der Waals surface area (Å²) in [5.74, 6) is 0.725. The van der Waals surface area contributed by atoms with Crippen LogP contribution in [0.15, 0.2) is 23.1 Å². The molecule has 1 aromatic rings. The summed E-state index contributed by atoms with van der Waals surface area (Å²) in [6.07, 6.45) is 6.07. The predicted molar refractivity (Wildman–Crippen MR) is 91.8 cm³/mol. The largest absolute Gasteiger partial charge is 0.370 e. The molecule has 4 nitrogen and oxygen atoms in total. The van der Waals surface area contributed by atoms with Crippen molar-refractivity contribution in [3.05, 3.63) is 23.8 Å². The lowest BCUT2D eigenvalue weighted by atomic mass is 9.85. The fourth-order valence-electron chi connectivity index (χ4n) is 4.30. The van der Waals surface area contributed by atoms with Gasteiger partial charge in [0.15, 0.2) is 15.6 Å². The Hall–Kier alpha value is -1.36. The van der Waals surface area contributed by atoms with Crippen molar-refractivity contribution in [2.45, 2.75) is 44.4 Å². The first-order valence-electron chi connectivity index (χ1n) is 8.30. The highest BCUT2D eigenvalue weighted by molar-refractivity contribution is 7.90. The van der Waals surface area contributed by atoms with Crippen molar-refractivity contribution >= 4 is 21.3 Å². The number of carbonyl (C=O) groups excluding carboxylic acids is 1. The second-order valence-electron chi connectivity index (χ2n) is 7.53. The fourth-order valence-corrected chi connectivity index (χ4v) is 5.19. The number of nitrogens with zero attached hydrogens (tertiary/aromatic N) is 1. The summed E-state index contributed by atoms with van der Waals surface area (Å²) < 4.78 is 24.3. The molecule has 0 unspecified atom stereocenters. The minimum atomic E-state index is -3.31. The van der Waals surface area contributed by atoms with Gasteiger partial charge in [-0.1, -0.05) is 13.3 Å². The number of anilines is 1. The quantitative estimate of drug-likeness (QED) is 0.795. The van der Waals surface area contributed by atoms with Crippen molar-refractivity contribution in [1.29, 1.82) is 0 Å². The van der Waals surface area contributed by atoms with Crippen LogP contribution in [0.1, 0.15) is 49.9 Å². The smallest absolute Gasteiger partial charge is 0.177 e. The summed E-state index contributed by atoms with van der Waals surface area (Å²) in [5, 5.41) is 0. The van der Waals surface area contributed by atoms with E-state index >= 15 is 0 Å². The van der Waals surface area contributed by atoms with Crippen LogP contribution in [0.4, 0.5) is 5.69 Å². The molecule has 1 aliphatic carbocycles. The number of ketones is 1. The van der Waals surface area contributed by atoms with E-state index in [1.165, 1.54) is 32.4 Å². The number of benzene rings is 1. The Balaban J connectivity index is 1.98. The van der Waals surface area contributed by atoms with Gasteiger partial charge in [-0.3, -0.25) is 4.79 Å². The first-order chi connectivity index (χ1) is 10.7. The Morgan fingerprint density at radius 2 is 2.04 bits per heavy atom. The van der Waals surface area contributed by atoms with Crippen molar-refractivity contribution in [3.63, 3.8) is 0 Å². The van der Waals surface area contributed by atoms with Crippen LogP contribution in [0, 0.1) is 11.3 Å². The Kier molecular flexibility index (Phi) is 4.03.